The van der Waals surface area contributed by atoms with Crippen molar-refractivity contribution in [2.24, 2.45) is 0 Å². The summed E-state index contributed by atoms with van der Waals surface area (Å²) < 4.78 is 5.94. The molecule has 2 aromatic carbocycles. The van der Waals surface area contributed by atoms with Crippen LogP contribution in [0.1, 0.15) is 54.2 Å². The molecule has 1 amide bonds. The number of carbonyl (C=O) groups excluding carboxylic acids is 2. The Balaban J connectivity index is 1.67. The number of halogens is 1. The van der Waals surface area contributed by atoms with E-state index in [-0.39, 0.29) is 12.2 Å². The molecule has 1 atom stereocenters. The molecule has 0 unspecified atom stereocenters. The molecule has 0 saturated carbocycles. The second-order valence-electron chi connectivity index (χ2n) is 8.75. The molecule has 0 radical (unpaired) electrons. The Kier molecular flexibility index (Phi) is 6.41. The van der Waals surface area contributed by atoms with E-state index < -0.39 is 11.5 Å². The lowest BCUT2D eigenvalue weighted by molar-refractivity contribution is -0.140. The number of amides is 1. The normalized spacial score (nSPS) is 17.9. The maximum atomic E-state index is 13.6. The van der Waals surface area contributed by atoms with Gasteiger partial charge in [0.15, 0.2) is 11.4 Å². The average Bonchev–Trinajstić information content (AvgIpc) is 3.36. The highest BCUT2D eigenvalue weighted by Gasteiger charge is 2.50. The molecule has 2 heterocycles. The van der Waals surface area contributed by atoms with Crippen molar-refractivity contribution in [2.45, 2.75) is 45.3 Å². The number of hydrogen-bond donors (Lipinski definition) is 1. The van der Waals surface area contributed by atoms with Crippen molar-refractivity contribution in [3.8, 4) is 0 Å². The van der Waals surface area contributed by atoms with Crippen LogP contribution in [0.15, 0.2) is 69.8 Å². The van der Waals surface area contributed by atoms with Crippen LogP contribution in [0.25, 0.3) is 6.08 Å². The minimum absolute atomic E-state index is 0.318. The van der Waals surface area contributed by atoms with Gasteiger partial charge in [0, 0.05) is 10.0 Å². The number of nitrogens with zero attached hydrogens (tertiary/aromatic N) is 1. The molecule has 6 heteroatoms. The Morgan fingerprint density at radius 1 is 1.21 bits per heavy atom. The number of fused-ring (bicyclic) bond motifs is 1. The number of aliphatic hydroxyl groups is 1. The van der Waals surface area contributed by atoms with Crippen LogP contribution in [0, 0.1) is 6.92 Å². The van der Waals surface area contributed by atoms with Gasteiger partial charge in [0.1, 0.15) is 5.76 Å². The summed E-state index contributed by atoms with van der Waals surface area (Å²) in [5.41, 5.74) is 2.37. The predicted octanol–water partition coefficient (Wildman–Crippen LogP) is 5.88. The third-order valence-electron chi connectivity index (χ3n) is 6.07. The summed E-state index contributed by atoms with van der Waals surface area (Å²) in [6.45, 7) is 6.59. The molecule has 0 saturated heterocycles. The van der Waals surface area contributed by atoms with Gasteiger partial charge in [-0.25, -0.2) is 0 Å². The van der Waals surface area contributed by atoms with E-state index in [1.165, 1.54) is 24.0 Å². The lowest BCUT2D eigenvalue weighted by Gasteiger charge is -2.23. The number of carbonyl (C=O) groups is 2. The number of rotatable bonds is 7. The largest absolute Gasteiger partial charge is 0.465 e. The summed E-state index contributed by atoms with van der Waals surface area (Å²) in [6, 6.07) is 15.1. The van der Waals surface area contributed by atoms with Gasteiger partial charge < -0.3 is 14.4 Å². The van der Waals surface area contributed by atoms with Crippen LogP contribution in [0.4, 0.5) is 5.69 Å². The van der Waals surface area contributed by atoms with Gasteiger partial charge in [-0.3, -0.25) is 9.59 Å². The molecule has 170 valence electrons. The molecule has 1 aliphatic heterocycles. The van der Waals surface area contributed by atoms with E-state index in [1.54, 1.807) is 29.2 Å². The molecule has 1 N–H and O–H groups in total. The van der Waals surface area contributed by atoms with Crippen molar-refractivity contribution in [1.82, 2.24) is 0 Å². The Bertz CT molecular complexity index is 1230. The van der Waals surface area contributed by atoms with Gasteiger partial charge in [0.05, 0.1) is 24.9 Å². The molecule has 0 spiro atoms. The number of hydrogen-bond acceptors (Lipinski definition) is 4. The highest BCUT2D eigenvalue weighted by Crippen LogP contribution is 2.44. The summed E-state index contributed by atoms with van der Waals surface area (Å²) in [5, 5.41) is 11.5. The second-order valence-corrected chi connectivity index (χ2v) is 9.66. The Morgan fingerprint density at radius 3 is 2.70 bits per heavy atom. The molecule has 0 bridgehead atoms. The van der Waals surface area contributed by atoms with Crippen molar-refractivity contribution in [1.29, 1.82) is 0 Å². The third kappa shape index (κ3) is 4.59. The average molecular weight is 508 g/mol. The van der Waals surface area contributed by atoms with E-state index in [9.17, 15) is 14.7 Å². The van der Waals surface area contributed by atoms with Crippen molar-refractivity contribution in [3.63, 3.8) is 0 Å². The number of anilines is 1. The second kappa shape index (κ2) is 9.12. The zero-order valence-corrected chi connectivity index (χ0v) is 20.4. The van der Waals surface area contributed by atoms with Crippen LogP contribution in [0.3, 0.4) is 0 Å². The summed E-state index contributed by atoms with van der Waals surface area (Å²) in [5.74, 6) is 0.0217. The SMILES string of the molecule is Cc1ccc(C(C)C)cc1CN1C(=O)[C@@](O)(CC(=O)/C=C/c2ccco2)c2cc(Br)ccc21. The number of ketones is 1. The summed E-state index contributed by atoms with van der Waals surface area (Å²) in [6.07, 6.45) is 4.03. The molecule has 0 fully saturated rings. The molecule has 1 aromatic heterocycles. The lowest BCUT2D eigenvalue weighted by Crippen LogP contribution is -2.41. The molecular formula is C27H26BrNO4. The van der Waals surface area contributed by atoms with E-state index in [2.05, 4.69) is 48.0 Å². The fourth-order valence-corrected chi connectivity index (χ4v) is 4.48. The van der Waals surface area contributed by atoms with Crippen molar-refractivity contribution in [2.75, 3.05) is 4.90 Å². The zero-order chi connectivity index (χ0) is 23.8. The van der Waals surface area contributed by atoms with E-state index >= 15 is 0 Å². The van der Waals surface area contributed by atoms with Gasteiger partial charge >= 0.3 is 0 Å². The Morgan fingerprint density at radius 2 is 2.00 bits per heavy atom. The highest BCUT2D eigenvalue weighted by molar-refractivity contribution is 9.10. The Hall–Kier alpha value is -2.96. The lowest BCUT2D eigenvalue weighted by atomic mass is 9.90. The first-order chi connectivity index (χ1) is 15.7. The van der Waals surface area contributed by atoms with Crippen LogP contribution in [-0.2, 0) is 21.7 Å². The fraction of sp³-hybridized carbons (Fsp3) is 0.259. The molecule has 1 aliphatic rings. The van der Waals surface area contributed by atoms with Gasteiger partial charge in [-0.2, -0.15) is 0 Å². The fourth-order valence-electron chi connectivity index (χ4n) is 4.11. The van der Waals surface area contributed by atoms with E-state index in [1.807, 2.05) is 13.0 Å². The third-order valence-corrected chi connectivity index (χ3v) is 6.56. The number of benzene rings is 2. The monoisotopic (exact) mass is 507 g/mol. The Labute approximate surface area is 201 Å². The predicted molar refractivity (Wildman–Crippen MR) is 132 cm³/mol. The van der Waals surface area contributed by atoms with Gasteiger partial charge in [-0.15, -0.1) is 0 Å². The van der Waals surface area contributed by atoms with E-state index in [4.69, 9.17) is 4.42 Å². The maximum absolute atomic E-state index is 13.6. The van der Waals surface area contributed by atoms with Gasteiger partial charge in [-0.05, 0) is 72.0 Å². The van der Waals surface area contributed by atoms with Crippen LogP contribution in [0.5, 0.6) is 0 Å². The molecule has 33 heavy (non-hydrogen) atoms. The van der Waals surface area contributed by atoms with E-state index in [0.29, 0.717) is 29.5 Å². The molecule has 4 rings (SSSR count). The minimum Gasteiger partial charge on any atom is -0.465 e. The van der Waals surface area contributed by atoms with Gasteiger partial charge in [0.25, 0.3) is 5.91 Å². The van der Waals surface area contributed by atoms with Crippen LogP contribution in [0.2, 0.25) is 0 Å². The zero-order valence-electron chi connectivity index (χ0n) is 18.8. The smallest absolute Gasteiger partial charge is 0.264 e. The summed E-state index contributed by atoms with van der Waals surface area (Å²) >= 11 is 3.43. The first-order valence-electron chi connectivity index (χ1n) is 10.9. The van der Waals surface area contributed by atoms with E-state index in [0.717, 1.165) is 15.6 Å². The highest BCUT2D eigenvalue weighted by atomic mass is 79.9. The number of furan rings is 1. The first kappa shape index (κ1) is 23.2. The molecule has 0 aliphatic carbocycles. The minimum atomic E-state index is -1.94. The quantitative estimate of drug-likeness (QED) is 0.405. The summed E-state index contributed by atoms with van der Waals surface area (Å²) in [4.78, 5) is 27.9. The van der Waals surface area contributed by atoms with Crippen LogP contribution in [-0.4, -0.2) is 16.8 Å². The topological polar surface area (TPSA) is 70.8 Å². The standard InChI is InChI=1S/C27H26BrNO4/c1-17(2)19-7-6-18(3)20(13-19)16-29-25-11-8-21(28)14-24(25)27(32,26(29)31)15-22(30)9-10-23-5-4-12-33-23/h4-14,17,32H,15-16H2,1-3H3/b10-9+/t27-/m1/s1. The van der Waals surface area contributed by atoms with Gasteiger partial charge in [-0.1, -0.05) is 48.0 Å². The van der Waals surface area contributed by atoms with Crippen LogP contribution < -0.4 is 4.90 Å². The van der Waals surface area contributed by atoms with Crippen molar-refractivity contribution >= 4 is 39.4 Å². The van der Waals surface area contributed by atoms with Crippen molar-refractivity contribution in [3.05, 3.63) is 93.4 Å². The van der Waals surface area contributed by atoms with Crippen molar-refractivity contribution < 1.29 is 19.1 Å². The maximum Gasteiger partial charge on any atom is 0.264 e. The van der Waals surface area contributed by atoms with Crippen LogP contribution >= 0.6 is 15.9 Å². The molecule has 5 nitrogen and oxygen atoms in total. The number of allylic oxidation sites excluding steroid dienone is 1. The first-order valence-corrected chi connectivity index (χ1v) is 11.7. The van der Waals surface area contributed by atoms with Gasteiger partial charge in [0.2, 0.25) is 0 Å². The molecule has 3 aromatic rings. The molecular weight excluding hydrogens is 482 g/mol. The summed E-state index contributed by atoms with van der Waals surface area (Å²) in [7, 11) is 0. The number of aryl methyl sites for hydroxylation is 1.